The van der Waals surface area contributed by atoms with Gasteiger partial charge in [-0.25, -0.2) is 0 Å². The maximum atomic E-state index is 11.7. The van der Waals surface area contributed by atoms with Crippen LogP contribution >= 0.6 is 0 Å². The summed E-state index contributed by atoms with van der Waals surface area (Å²) in [6.07, 6.45) is 2.59. The molecule has 0 unspecified atom stereocenters. The first-order chi connectivity index (χ1) is 10.6. The van der Waals surface area contributed by atoms with Gasteiger partial charge in [-0.05, 0) is 43.5 Å². The number of amides is 1. The van der Waals surface area contributed by atoms with Crippen LogP contribution in [0.3, 0.4) is 0 Å². The number of carbonyl (C=O) groups is 2. The number of nitrogens with one attached hydrogen (secondary N) is 2. The van der Waals surface area contributed by atoms with Crippen molar-refractivity contribution in [1.82, 2.24) is 0 Å². The van der Waals surface area contributed by atoms with E-state index in [4.69, 9.17) is 9.84 Å². The molecule has 1 saturated heterocycles. The fourth-order valence-corrected chi connectivity index (χ4v) is 2.35. The molecule has 1 fully saturated rings. The zero-order valence-corrected chi connectivity index (χ0v) is 12.5. The minimum absolute atomic E-state index is 0.0153. The SMILES string of the molecule is O=C(O)CCCC(=O)Nc1ccc(NC2CCOCC2)cc1. The predicted octanol–water partition coefficient (Wildman–Crippen LogP) is 2.47. The third-order valence-corrected chi connectivity index (χ3v) is 3.56. The van der Waals surface area contributed by atoms with Gasteiger partial charge in [-0.2, -0.15) is 0 Å². The molecule has 120 valence electrons. The van der Waals surface area contributed by atoms with E-state index >= 15 is 0 Å². The first-order valence-electron chi connectivity index (χ1n) is 7.59. The number of anilines is 2. The van der Waals surface area contributed by atoms with Crippen LogP contribution in [0.2, 0.25) is 0 Å². The Hall–Kier alpha value is -2.08. The monoisotopic (exact) mass is 306 g/mol. The Kier molecular flexibility index (Phi) is 6.21. The molecule has 1 aliphatic heterocycles. The van der Waals surface area contributed by atoms with E-state index in [-0.39, 0.29) is 18.7 Å². The Labute approximate surface area is 129 Å². The average molecular weight is 306 g/mol. The summed E-state index contributed by atoms with van der Waals surface area (Å²) in [5.74, 6) is -1.04. The minimum atomic E-state index is -0.878. The number of aliphatic carboxylic acids is 1. The first kappa shape index (κ1) is 16.3. The summed E-state index contributed by atoms with van der Waals surface area (Å²) < 4.78 is 5.32. The average Bonchev–Trinajstić information content (AvgIpc) is 2.50. The minimum Gasteiger partial charge on any atom is -0.481 e. The summed E-state index contributed by atoms with van der Waals surface area (Å²) >= 11 is 0. The van der Waals surface area contributed by atoms with Crippen molar-refractivity contribution in [2.75, 3.05) is 23.8 Å². The molecule has 0 atom stereocenters. The molecule has 2 rings (SSSR count). The molecule has 0 aromatic heterocycles. The number of benzene rings is 1. The number of rotatable bonds is 7. The summed E-state index contributed by atoms with van der Waals surface area (Å²) in [7, 11) is 0. The normalized spacial score (nSPS) is 15.3. The summed E-state index contributed by atoms with van der Waals surface area (Å²) in [6, 6.07) is 7.99. The lowest BCUT2D eigenvalue weighted by molar-refractivity contribution is -0.137. The number of hydrogen-bond acceptors (Lipinski definition) is 4. The molecule has 1 heterocycles. The second kappa shape index (κ2) is 8.38. The second-order valence-corrected chi connectivity index (χ2v) is 5.40. The summed E-state index contributed by atoms with van der Waals surface area (Å²) in [4.78, 5) is 22.1. The summed E-state index contributed by atoms with van der Waals surface area (Å²) in [6.45, 7) is 1.59. The van der Waals surface area contributed by atoms with Crippen LogP contribution in [-0.4, -0.2) is 36.2 Å². The lowest BCUT2D eigenvalue weighted by Gasteiger charge is -2.24. The Morgan fingerprint density at radius 2 is 1.73 bits per heavy atom. The van der Waals surface area contributed by atoms with Crippen molar-refractivity contribution in [3.63, 3.8) is 0 Å². The van der Waals surface area contributed by atoms with E-state index in [0.29, 0.717) is 12.5 Å². The lowest BCUT2D eigenvalue weighted by atomic mass is 10.1. The maximum absolute atomic E-state index is 11.7. The molecule has 1 amide bonds. The highest BCUT2D eigenvalue weighted by molar-refractivity contribution is 5.91. The highest BCUT2D eigenvalue weighted by Gasteiger charge is 2.13. The molecule has 6 heteroatoms. The van der Waals surface area contributed by atoms with E-state index in [1.807, 2.05) is 24.3 Å². The molecule has 0 spiro atoms. The third kappa shape index (κ3) is 5.73. The largest absolute Gasteiger partial charge is 0.481 e. The number of hydrogen-bond donors (Lipinski definition) is 3. The lowest BCUT2D eigenvalue weighted by Crippen LogP contribution is -2.27. The summed E-state index contributed by atoms with van der Waals surface area (Å²) in [5, 5.41) is 14.8. The smallest absolute Gasteiger partial charge is 0.303 e. The number of carbonyl (C=O) groups excluding carboxylic acids is 1. The number of ether oxygens (including phenoxy) is 1. The topological polar surface area (TPSA) is 87.7 Å². The van der Waals surface area contributed by atoms with Gasteiger partial charge >= 0.3 is 5.97 Å². The maximum Gasteiger partial charge on any atom is 0.303 e. The van der Waals surface area contributed by atoms with E-state index in [1.54, 1.807) is 0 Å². The van der Waals surface area contributed by atoms with Crippen LogP contribution < -0.4 is 10.6 Å². The van der Waals surface area contributed by atoms with Crippen molar-refractivity contribution in [3.05, 3.63) is 24.3 Å². The molecule has 0 saturated carbocycles. The Bertz CT molecular complexity index is 495. The molecule has 1 aromatic carbocycles. The van der Waals surface area contributed by atoms with E-state index in [9.17, 15) is 9.59 Å². The van der Waals surface area contributed by atoms with E-state index in [2.05, 4.69) is 10.6 Å². The van der Waals surface area contributed by atoms with Gasteiger partial charge in [-0.1, -0.05) is 0 Å². The third-order valence-electron chi connectivity index (χ3n) is 3.56. The summed E-state index contributed by atoms with van der Waals surface area (Å²) in [5.41, 5.74) is 1.74. The Morgan fingerprint density at radius 3 is 2.36 bits per heavy atom. The van der Waals surface area contributed by atoms with E-state index in [1.165, 1.54) is 0 Å². The second-order valence-electron chi connectivity index (χ2n) is 5.40. The van der Waals surface area contributed by atoms with Gasteiger partial charge in [0.05, 0.1) is 0 Å². The van der Waals surface area contributed by atoms with Crippen LogP contribution in [0.25, 0.3) is 0 Å². The fraction of sp³-hybridized carbons (Fsp3) is 0.500. The van der Waals surface area contributed by atoms with Gasteiger partial charge in [0, 0.05) is 43.5 Å². The Morgan fingerprint density at radius 1 is 1.09 bits per heavy atom. The van der Waals surface area contributed by atoms with Crippen molar-refractivity contribution in [1.29, 1.82) is 0 Å². The van der Waals surface area contributed by atoms with Crippen molar-refractivity contribution in [2.45, 2.75) is 38.1 Å². The first-order valence-corrected chi connectivity index (χ1v) is 7.59. The van der Waals surface area contributed by atoms with Crippen molar-refractivity contribution in [2.24, 2.45) is 0 Å². The van der Waals surface area contributed by atoms with Gasteiger partial charge in [0.1, 0.15) is 0 Å². The Balaban J connectivity index is 1.76. The molecular formula is C16H22N2O4. The molecule has 0 radical (unpaired) electrons. The molecule has 6 nitrogen and oxygen atoms in total. The van der Waals surface area contributed by atoms with Gasteiger partial charge in [0.2, 0.25) is 5.91 Å². The molecule has 0 aliphatic carbocycles. The van der Waals surface area contributed by atoms with Crippen LogP contribution in [0.4, 0.5) is 11.4 Å². The van der Waals surface area contributed by atoms with Gasteiger partial charge in [0.25, 0.3) is 0 Å². The van der Waals surface area contributed by atoms with Gasteiger partial charge in [0.15, 0.2) is 0 Å². The van der Waals surface area contributed by atoms with Gasteiger partial charge in [-0.3, -0.25) is 9.59 Å². The molecule has 1 aromatic rings. The van der Waals surface area contributed by atoms with Gasteiger partial charge in [-0.15, -0.1) is 0 Å². The molecule has 3 N–H and O–H groups in total. The van der Waals surface area contributed by atoms with Crippen molar-refractivity contribution < 1.29 is 19.4 Å². The van der Waals surface area contributed by atoms with E-state index < -0.39 is 5.97 Å². The quantitative estimate of drug-likeness (QED) is 0.720. The number of carboxylic acid groups (broad SMARTS) is 1. The predicted molar refractivity (Wildman–Crippen MR) is 84.0 cm³/mol. The standard InChI is InChI=1S/C16H22N2O4/c19-15(2-1-3-16(20)21)18-13-6-4-12(5-7-13)17-14-8-10-22-11-9-14/h4-7,14,17H,1-3,8-11H2,(H,18,19)(H,20,21). The molecule has 1 aliphatic rings. The van der Waals surface area contributed by atoms with Crippen molar-refractivity contribution >= 4 is 23.3 Å². The van der Waals surface area contributed by atoms with Crippen LogP contribution in [0.15, 0.2) is 24.3 Å². The zero-order chi connectivity index (χ0) is 15.8. The van der Waals surface area contributed by atoms with Crippen molar-refractivity contribution in [3.8, 4) is 0 Å². The van der Waals surface area contributed by atoms with E-state index in [0.717, 1.165) is 37.4 Å². The van der Waals surface area contributed by atoms with Crippen LogP contribution in [0.1, 0.15) is 32.1 Å². The highest BCUT2D eigenvalue weighted by Crippen LogP contribution is 2.18. The molecule has 22 heavy (non-hydrogen) atoms. The number of carboxylic acids is 1. The molecular weight excluding hydrogens is 284 g/mol. The highest BCUT2D eigenvalue weighted by atomic mass is 16.5. The van der Waals surface area contributed by atoms with Crippen LogP contribution in [-0.2, 0) is 14.3 Å². The fourth-order valence-electron chi connectivity index (χ4n) is 2.35. The van der Waals surface area contributed by atoms with Crippen LogP contribution in [0.5, 0.6) is 0 Å². The van der Waals surface area contributed by atoms with Gasteiger partial charge < -0.3 is 20.5 Å². The molecule has 0 bridgehead atoms. The van der Waals surface area contributed by atoms with Crippen LogP contribution in [0, 0.1) is 0 Å². The zero-order valence-electron chi connectivity index (χ0n) is 12.5.